The van der Waals surface area contributed by atoms with Gasteiger partial charge in [0.2, 0.25) is 5.91 Å². The number of amides is 1. The highest BCUT2D eigenvalue weighted by atomic mass is 79.9. The minimum Gasteiger partial charge on any atom is -0.324 e. The summed E-state index contributed by atoms with van der Waals surface area (Å²) in [5.41, 5.74) is 2.21. The zero-order valence-corrected chi connectivity index (χ0v) is 17.6. The first-order chi connectivity index (χ1) is 13.3. The molecule has 0 spiro atoms. The molecule has 0 fully saturated rings. The summed E-state index contributed by atoms with van der Waals surface area (Å²) in [6.45, 7) is 3.83. The minimum absolute atomic E-state index is 0.00949. The Kier molecular flexibility index (Phi) is 6.15. The summed E-state index contributed by atoms with van der Waals surface area (Å²) >= 11 is 4.75. The van der Waals surface area contributed by atoms with Crippen LogP contribution in [0.5, 0.6) is 0 Å². The molecular formula is C19H17BrN4O3S. The Balaban J connectivity index is 1.79. The zero-order valence-electron chi connectivity index (χ0n) is 15.2. The van der Waals surface area contributed by atoms with E-state index in [1.54, 1.807) is 12.3 Å². The van der Waals surface area contributed by atoms with Crippen LogP contribution in [-0.2, 0) is 11.3 Å². The second-order valence-corrected chi connectivity index (χ2v) is 8.20. The summed E-state index contributed by atoms with van der Waals surface area (Å²) in [6.07, 6.45) is 1.71. The number of nitrogens with zero attached hydrogens (tertiary/aromatic N) is 3. The van der Waals surface area contributed by atoms with Gasteiger partial charge in [-0.05, 0) is 48.0 Å². The van der Waals surface area contributed by atoms with Crippen LogP contribution in [0, 0.1) is 24.0 Å². The Hall–Kier alpha value is -2.65. The number of anilines is 1. The fourth-order valence-corrected chi connectivity index (χ4v) is 3.71. The van der Waals surface area contributed by atoms with E-state index in [1.807, 2.05) is 38.1 Å². The minimum atomic E-state index is -0.469. The molecule has 1 heterocycles. The monoisotopic (exact) mass is 460 g/mol. The van der Waals surface area contributed by atoms with E-state index in [9.17, 15) is 14.9 Å². The van der Waals surface area contributed by atoms with E-state index in [0.717, 1.165) is 20.6 Å². The van der Waals surface area contributed by atoms with Crippen LogP contribution in [0.2, 0.25) is 0 Å². The molecule has 0 aliphatic rings. The molecule has 0 radical (unpaired) electrons. The van der Waals surface area contributed by atoms with Crippen molar-refractivity contribution in [1.82, 2.24) is 9.78 Å². The highest BCUT2D eigenvalue weighted by Gasteiger charge is 2.13. The molecule has 0 atom stereocenters. The van der Waals surface area contributed by atoms with Crippen molar-refractivity contribution >= 4 is 45.0 Å². The Bertz CT molecular complexity index is 1010. The first-order valence-electron chi connectivity index (χ1n) is 8.33. The van der Waals surface area contributed by atoms with E-state index < -0.39 is 4.92 Å². The molecule has 7 nitrogen and oxygen atoms in total. The van der Waals surface area contributed by atoms with Gasteiger partial charge in [0.05, 0.1) is 15.1 Å². The van der Waals surface area contributed by atoms with E-state index in [1.165, 1.54) is 28.6 Å². The predicted octanol–water partition coefficient (Wildman–Crippen LogP) is 4.96. The number of halogens is 1. The molecule has 1 aromatic heterocycles. The molecular weight excluding hydrogens is 444 g/mol. The summed E-state index contributed by atoms with van der Waals surface area (Å²) in [4.78, 5) is 24.8. The lowest BCUT2D eigenvalue weighted by Gasteiger charge is -2.08. The smallest absolute Gasteiger partial charge is 0.272 e. The number of aryl methyl sites for hydroxylation is 2. The molecule has 3 aromatic rings. The molecule has 0 aliphatic heterocycles. The lowest BCUT2D eigenvalue weighted by Crippen LogP contribution is -2.19. The standard InChI is InChI=1S/C19H17BrN4O3S/c1-12-3-5-16(6-4-12)28-17-8-14(7-15(9-17)24(26)27)21-19(25)11-23-10-18(20)13(2)22-23/h3-10H,11H2,1-2H3,(H,21,25). The van der Waals surface area contributed by atoms with Crippen LogP contribution in [0.1, 0.15) is 11.3 Å². The second kappa shape index (κ2) is 8.57. The van der Waals surface area contributed by atoms with Crippen molar-refractivity contribution in [3.63, 3.8) is 0 Å². The molecule has 0 unspecified atom stereocenters. The molecule has 1 N–H and O–H groups in total. The third-order valence-corrected chi connectivity index (χ3v) is 5.59. The van der Waals surface area contributed by atoms with Crippen molar-refractivity contribution in [3.05, 3.63) is 74.5 Å². The van der Waals surface area contributed by atoms with Gasteiger partial charge in [0, 0.05) is 33.8 Å². The predicted molar refractivity (Wildman–Crippen MR) is 112 cm³/mol. The van der Waals surface area contributed by atoms with Crippen LogP contribution in [0.3, 0.4) is 0 Å². The maximum Gasteiger partial charge on any atom is 0.272 e. The Morgan fingerprint density at radius 1 is 1.21 bits per heavy atom. The number of rotatable bonds is 6. The maximum absolute atomic E-state index is 12.3. The van der Waals surface area contributed by atoms with E-state index in [0.29, 0.717) is 10.6 Å². The summed E-state index contributed by atoms with van der Waals surface area (Å²) < 4.78 is 2.32. The van der Waals surface area contributed by atoms with Crippen LogP contribution in [-0.4, -0.2) is 20.6 Å². The number of nitrogens with one attached hydrogen (secondary N) is 1. The molecule has 144 valence electrons. The number of nitro benzene ring substituents is 1. The summed E-state index contributed by atoms with van der Waals surface area (Å²) in [5, 5.41) is 18.2. The number of benzene rings is 2. The number of aromatic nitrogens is 2. The average Bonchev–Trinajstić information content (AvgIpc) is 2.93. The third-order valence-electron chi connectivity index (χ3n) is 3.83. The van der Waals surface area contributed by atoms with Gasteiger partial charge in [-0.1, -0.05) is 29.5 Å². The topological polar surface area (TPSA) is 90.1 Å². The Morgan fingerprint density at radius 3 is 2.54 bits per heavy atom. The maximum atomic E-state index is 12.3. The van der Waals surface area contributed by atoms with Crippen LogP contribution in [0.4, 0.5) is 11.4 Å². The molecule has 0 saturated heterocycles. The summed E-state index contributed by atoms with van der Waals surface area (Å²) in [7, 11) is 0. The SMILES string of the molecule is Cc1ccc(Sc2cc(NC(=O)Cn3cc(Br)c(C)n3)cc([N+](=O)[O-])c2)cc1. The molecule has 28 heavy (non-hydrogen) atoms. The van der Waals surface area contributed by atoms with Gasteiger partial charge in [0.15, 0.2) is 0 Å². The van der Waals surface area contributed by atoms with Crippen LogP contribution >= 0.6 is 27.7 Å². The van der Waals surface area contributed by atoms with Gasteiger partial charge in [-0.25, -0.2) is 0 Å². The molecule has 2 aromatic carbocycles. The molecule has 0 saturated carbocycles. The lowest BCUT2D eigenvalue weighted by atomic mass is 10.2. The van der Waals surface area contributed by atoms with Gasteiger partial charge >= 0.3 is 0 Å². The first kappa shape index (κ1) is 20.1. The number of non-ortho nitro benzene ring substituents is 1. The fraction of sp³-hybridized carbons (Fsp3) is 0.158. The van der Waals surface area contributed by atoms with Crippen LogP contribution in [0.15, 0.2) is 62.9 Å². The normalized spacial score (nSPS) is 10.7. The first-order valence-corrected chi connectivity index (χ1v) is 9.94. The van der Waals surface area contributed by atoms with E-state index >= 15 is 0 Å². The number of carbonyl (C=O) groups is 1. The zero-order chi connectivity index (χ0) is 20.3. The summed E-state index contributed by atoms with van der Waals surface area (Å²) in [5.74, 6) is -0.318. The number of hydrogen-bond acceptors (Lipinski definition) is 5. The van der Waals surface area contributed by atoms with E-state index in [-0.39, 0.29) is 18.1 Å². The van der Waals surface area contributed by atoms with E-state index in [4.69, 9.17) is 0 Å². The molecule has 1 amide bonds. The van der Waals surface area contributed by atoms with E-state index in [2.05, 4.69) is 26.3 Å². The molecule has 0 bridgehead atoms. The van der Waals surface area contributed by atoms with Crippen molar-refractivity contribution in [2.75, 3.05) is 5.32 Å². The van der Waals surface area contributed by atoms with Crippen LogP contribution < -0.4 is 5.32 Å². The quantitative estimate of drug-likeness (QED) is 0.414. The average molecular weight is 461 g/mol. The van der Waals surface area contributed by atoms with Gasteiger partial charge < -0.3 is 5.32 Å². The molecule has 9 heteroatoms. The number of carbonyl (C=O) groups excluding carboxylic acids is 1. The second-order valence-electron chi connectivity index (χ2n) is 6.20. The highest BCUT2D eigenvalue weighted by molar-refractivity contribution is 9.10. The van der Waals surface area contributed by atoms with Crippen molar-refractivity contribution in [2.24, 2.45) is 0 Å². The van der Waals surface area contributed by atoms with Crippen molar-refractivity contribution in [1.29, 1.82) is 0 Å². The Labute approximate surface area is 174 Å². The fourth-order valence-electron chi connectivity index (χ4n) is 2.48. The van der Waals surface area contributed by atoms with Gasteiger partial charge in [0.25, 0.3) is 5.69 Å². The summed E-state index contributed by atoms with van der Waals surface area (Å²) in [6, 6.07) is 12.4. The van der Waals surface area contributed by atoms with Crippen molar-refractivity contribution in [3.8, 4) is 0 Å². The Morgan fingerprint density at radius 2 is 1.93 bits per heavy atom. The van der Waals surface area contributed by atoms with Crippen molar-refractivity contribution < 1.29 is 9.72 Å². The lowest BCUT2D eigenvalue weighted by molar-refractivity contribution is -0.385. The molecule has 3 rings (SSSR count). The molecule has 0 aliphatic carbocycles. The van der Waals surface area contributed by atoms with Crippen LogP contribution in [0.25, 0.3) is 0 Å². The number of nitro groups is 1. The number of hydrogen-bond donors (Lipinski definition) is 1. The largest absolute Gasteiger partial charge is 0.324 e. The third kappa shape index (κ3) is 5.20. The van der Waals surface area contributed by atoms with Gasteiger partial charge in [-0.15, -0.1) is 0 Å². The van der Waals surface area contributed by atoms with Crippen molar-refractivity contribution in [2.45, 2.75) is 30.2 Å². The van der Waals surface area contributed by atoms with Gasteiger partial charge in [-0.2, -0.15) is 5.10 Å². The van der Waals surface area contributed by atoms with Gasteiger partial charge in [0.1, 0.15) is 6.54 Å². The van der Waals surface area contributed by atoms with Gasteiger partial charge in [-0.3, -0.25) is 19.6 Å². The highest BCUT2D eigenvalue weighted by Crippen LogP contribution is 2.33.